The van der Waals surface area contributed by atoms with Crippen molar-refractivity contribution in [3.8, 4) is 0 Å². The standard InChI is InChI=1S/C20H25NO5S/c1-5-15(22)11-18(23)13(3)20(24)19-12(2)6-7-14-10-16(8-9-17(14)19)27(25,26)21-4/h5,8-12,19,21-23H,3,6-7H2,1-2,4H3/b15-5+,18-11+/t12-,19?/m0/s1. The fourth-order valence-corrected chi connectivity index (χ4v) is 4.05. The van der Waals surface area contributed by atoms with Crippen molar-refractivity contribution in [2.75, 3.05) is 7.05 Å². The second kappa shape index (κ2) is 8.10. The first-order valence-electron chi connectivity index (χ1n) is 8.68. The van der Waals surface area contributed by atoms with Gasteiger partial charge >= 0.3 is 0 Å². The van der Waals surface area contributed by atoms with Crippen LogP contribution in [0.2, 0.25) is 0 Å². The van der Waals surface area contributed by atoms with Gasteiger partial charge in [-0.2, -0.15) is 0 Å². The minimum atomic E-state index is -3.56. The van der Waals surface area contributed by atoms with E-state index in [9.17, 15) is 23.4 Å². The van der Waals surface area contributed by atoms with E-state index in [0.29, 0.717) is 12.8 Å². The molecule has 27 heavy (non-hydrogen) atoms. The Kier molecular flexibility index (Phi) is 6.28. The molecule has 146 valence electrons. The molecule has 1 aromatic carbocycles. The van der Waals surface area contributed by atoms with Crippen LogP contribution in [0.4, 0.5) is 0 Å². The highest BCUT2D eigenvalue weighted by Gasteiger charge is 2.34. The van der Waals surface area contributed by atoms with E-state index >= 15 is 0 Å². The molecule has 0 bridgehead atoms. The van der Waals surface area contributed by atoms with Crippen LogP contribution in [0.5, 0.6) is 0 Å². The summed E-state index contributed by atoms with van der Waals surface area (Å²) < 4.78 is 26.4. The first kappa shape index (κ1) is 20.9. The number of allylic oxidation sites excluding steroid dienone is 3. The van der Waals surface area contributed by atoms with E-state index in [0.717, 1.165) is 17.2 Å². The zero-order valence-corrected chi connectivity index (χ0v) is 16.5. The molecule has 1 aliphatic carbocycles. The summed E-state index contributed by atoms with van der Waals surface area (Å²) in [5, 5.41) is 19.6. The average Bonchev–Trinajstić information content (AvgIpc) is 2.66. The minimum absolute atomic E-state index is 0.0108. The van der Waals surface area contributed by atoms with Gasteiger partial charge in [-0.05, 0) is 62.1 Å². The number of hydrogen-bond acceptors (Lipinski definition) is 5. The molecular weight excluding hydrogens is 366 g/mol. The van der Waals surface area contributed by atoms with E-state index in [-0.39, 0.29) is 33.7 Å². The number of ketones is 1. The monoisotopic (exact) mass is 391 g/mol. The second-order valence-corrected chi connectivity index (χ2v) is 8.53. The van der Waals surface area contributed by atoms with E-state index in [1.807, 2.05) is 6.92 Å². The number of aliphatic hydroxyl groups is 2. The molecule has 1 unspecified atom stereocenters. The molecule has 0 aromatic heterocycles. The number of sulfonamides is 1. The number of nitrogens with one attached hydrogen (secondary N) is 1. The minimum Gasteiger partial charge on any atom is -0.508 e. The normalized spacial score (nSPS) is 20.9. The summed E-state index contributed by atoms with van der Waals surface area (Å²) in [6.07, 6.45) is 3.85. The maximum absolute atomic E-state index is 13.0. The van der Waals surface area contributed by atoms with Crippen LogP contribution in [-0.2, 0) is 21.2 Å². The lowest BCUT2D eigenvalue weighted by atomic mass is 9.72. The molecule has 0 radical (unpaired) electrons. The van der Waals surface area contributed by atoms with Crippen molar-refractivity contribution in [2.45, 2.75) is 37.5 Å². The lowest BCUT2D eigenvalue weighted by Gasteiger charge is -2.31. The van der Waals surface area contributed by atoms with Gasteiger partial charge in [0.05, 0.1) is 16.4 Å². The van der Waals surface area contributed by atoms with Gasteiger partial charge in [-0.1, -0.05) is 19.6 Å². The molecule has 0 spiro atoms. The van der Waals surface area contributed by atoms with Crippen molar-refractivity contribution in [3.05, 3.63) is 65.1 Å². The molecule has 1 aromatic rings. The number of benzene rings is 1. The van der Waals surface area contributed by atoms with Crippen molar-refractivity contribution in [3.63, 3.8) is 0 Å². The van der Waals surface area contributed by atoms with Crippen LogP contribution in [-0.4, -0.2) is 31.5 Å². The highest BCUT2D eigenvalue weighted by atomic mass is 32.2. The Labute approximate surface area is 160 Å². The van der Waals surface area contributed by atoms with Gasteiger partial charge in [-0.3, -0.25) is 4.79 Å². The molecule has 0 amide bonds. The Morgan fingerprint density at radius 2 is 2.00 bits per heavy atom. The Morgan fingerprint density at radius 1 is 1.33 bits per heavy atom. The Morgan fingerprint density at radius 3 is 2.59 bits per heavy atom. The highest BCUT2D eigenvalue weighted by molar-refractivity contribution is 7.89. The molecule has 7 heteroatoms. The molecule has 0 fully saturated rings. The van der Waals surface area contributed by atoms with Gasteiger partial charge in [0, 0.05) is 6.08 Å². The Balaban J connectivity index is 2.43. The number of aliphatic hydroxyl groups excluding tert-OH is 2. The van der Waals surface area contributed by atoms with Crippen molar-refractivity contribution >= 4 is 15.8 Å². The van der Waals surface area contributed by atoms with Crippen LogP contribution in [0.25, 0.3) is 0 Å². The third-order valence-corrected chi connectivity index (χ3v) is 6.35. The Hall–Kier alpha value is -2.38. The lowest BCUT2D eigenvalue weighted by molar-refractivity contribution is -0.118. The highest BCUT2D eigenvalue weighted by Crippen LogP contribution is 2.39. The van der Waals surface area contributed by atoms with Crippen molar-refractivity contribution in [1.29, 1.82) is 0 Å². The summed E-state index contributed by atoms with van der Waals surface area (Å²) in [5.41, 5.74) is 1.47. The molecule has 2 atom stereocenters. The third kappa shape index (κ3) is 4.31. The van der Waals surface area contributed by atoms with Crippen LogP contribution in [0.15, 0.2) is 58.9 Å². The van der Waals surface area contributed by atoms with Gasteiger partial charge in [-0.15, -0.1) is 0 Å². The smallest absolute Gasteiger partial charge is 0.240 e. The third-order valence-electron chi connectivity index (χ3n) is 4.94. The first-order chi connectivity index (χ1) is 12.6. The van der Waals surface area contributed by atoms with Crippen LogP contribution < -0.4 is 4.72 Å². The predicted molar refractivity (Wildman–Crippen MR) is 104 cm³/mol. The van der Waals surface area contributed by atoms with Gasteiger partial charge in [0.15, 0.2) is 5.78 Å². The van der Waals surface area contributed by atoms with Gasteiger partial charge in [0.1, 0.15) is 11.5 Å². The van der Waals surface area contributed by atoms with E-state index < -0.39 is 15.9 Å². The number of carbonyl (C=O) groups is 1. The average molecular weight is 391 g/mol. The van der Waals surface area contributed by atoms with Crippen LogP contribution in [0.1, 0.15) is 37.3 Å². The number of hydrogen-bond donors (Lipinski definition) is 3. The van der Waals surface area contributed by atoms with Gasteiger partial charge in [-0.25, -0.2) is 13.1 Å². The van der Waals surface area contributed by atoms with E-state index in [1.165, 1.54) is 19.2 Å². The van der Waals surface area contributed by atoms with E-state index in [1.54, 1.807) is 19.1 Å². The predicted octanol–water partition coefficient (Wildman–Crippen LogP) is 3.29. The largest absolute Gasteiger partial charge is 0.508 e. The summed E-state index contributed by atoms with van der Waals surface area (Å²) in [6, 6.07) is 4.74. The van der Waals surface area contributed by atoms with Gasteiger partial charge < -0.3 is 10.2 Å². The van der Waals surface area contributed by atoms with Crippen molar-refractivity contribution < 1.29 is 23.4 Å². The van der Waals surface area contributed by atoms with Crippen LogP contribution >= 0.6 is 0 Å². The zero-order chi connectivity index (χ0) is 20.4. The summed E-state index contributed by atoms with van der Waals surface area (Å²) in [6.45, 7) is 7.23. The van der Waals surface area contributed by atoms with Crippen LogP contribution in [0.3, 0.4) is 0 Å². The van der Waals surface area contributed by atoms with E-state index in [4.69, 9.17) is 0 Å². The molecule has 2 rings (SSSR count). The summed E-state index contributed by atoms with van der Waals surface area (Å²) in [4.78, 5) is 13.1. The SMILES string of the molecule is C=C(C(=O)C1c2ccc(S(=O)(=O)NC)cc2CC[C@@H]1C)/C(O)=C\C(O)=C/C. The molecule has 0 heterocycles. The zero-order valence-electron chi connectivity index (χ0n) is 15.7. The van der Waals surface area contributed by atoms with E-state index in [2.05, 4.69) is 11.3 Å². The Bertz CT molecular complexity index is 928. The van der Waals surface area contributed by atoms with Crippen LogP contribution in [0, 0.1) is 5.92 Å². The fraction of sp³-hybridized carbons (Fsp3) is 0.350. The summed E-state index contributed by atoms with van der Waals surface area (Å²) >= 11 is 0. The fourth-order valence-electron chi connectivity index (χ4n) is 3.27. The molecule has 0 saturated carbocycles. The number of aryl methyl sites for hydroxylation is 1. The number of fused-ring (bicyclic) bond motifs is 1. The molecule has 0 saturated heterocycles. The maximum Gasteiger partial charge on any atom is 0.240 e. The summed E-state index contributed by atoms with van der Waals surface area (Å²) in [5.74, 6) is -1.41. The topological polar surface area (TPSA) is 104 Å². The second-order valence-electron chi connectivity index (χ2n) is 6.65. The quantitative estimate of drug-likeness (QED) is 0.392. The van der Waals surface area contributed by atoms with Crippen molar-refractivity contribution in [1.82, 2.24) is 4.72 Å². The number of Topliss-reactive ketones (excluding diaryl/α,β-unsaturated/α-hetero) is 1. The van der Waals surface area contributed by atoms with Crippen molar-refractivity contribution in [2.24, 2.45) is 5.92 Å². The molecule has 3 N–H and O–H groups in total. The van der Waals surface area contributed by atoms with Gasteiger partial charge in [0.2, 0.25) is 10.0 Å². The molecule has 0 aliphatic heterocycles. The lowest BCUT2D eigenvalue weighted by Crippen LogP contribution is -2.28. The number of rotatable bonds is 6. The maximum atomic E-state index is 13.0. The van der Waals surface area contributed by atoms with Gasteiger partial charge in [0.25, 0.3) is 0 Å². The summed E-state index contributed by atoms with van der Waals surface area (Å²) in [7, 11) is -2.22. The molecular formula is C20H25NO5S. The first-order valence-corrected chi connectivity index (χ1v) is 10.2. The molecule has 1 aliphatic rings. The number of carbonyl (C=O) groups excluding carboxylic acids is 1. The molecule has 6 nitrogen and oxygen atoms in total.